The minimum atomic E-state index is -0.357. The van der Waals surface area contributed by atoms with Crippen LogP contribution in [0.15, 0.2) is 0 Å². The maximum absolute atomic E-state index is 10.0. The zero-order chi connectivity index (χ0) is 13.6. The van der Waals surface area contributed by atoms with Gasteiger partial charge in [-0.25, -0.2) is 0 Å². The molecule has 0 saturated carbocycles. The molecule has 0 aromatic rings. The van der Waals surface area contributed by atoms with Crippen LogP contribution in [0, 0.1) is 5.92 Å². The molecule has 0 aromatic heterocycles. The Kier molecular flexibility index (Phi) is 6.61. The third-order valence-electron chi connectivity index (χ3n) is 3.48. The first-order valence-corrected chi connectivity index (χ1v) is 7.45. The highest BCUT2D eigenvalue weighted by Gasteiger charge is 2.22. The molecule has 0 radical (unpaired) electrons. The number of β-amino-alcohol motifs (C(OH)–C–C–N with tert-alkyl or cyclic N) is 1. The smallest absolute Gasteiger partial charge is 0.0900 e. The fourth-order valence-electron chi connectivity index (χ4n) is 2.66. The second-order valence-corrected chi connectivity index (χ2v) is 6.63. The molecular weight excluding hydrogens is 226 g/mol. The second kappa shape index (κ2) is 7.46. The summed E-state index contributed by atoms with van der Waals surface area (Å²) >= 11 is 0. The molecule has 0 bridgehead atoms. The van der Waals surface area contributed by atoms with Crippen molar-refractivity contribution in [3.63, 3.8) is 0 Å². The Morgan fingerprint density at radius 1 is 1.39 bits per heavy atom. The highest BCUT2D eigenvalue weighted by molar-refractivity contribution is 4.75. The lowest BCUT2D eigenvalue weighted by atomic mass is 9.93. The molecule has 1 saturated heterocycles. The van der Waals surface area contributed by atoms with Crippen LogP contribution in [0.2, 0.25) is 0 Å². The number of hydrogen-bond donors (Lipinski definition) is 1. The molecule has 2 atom stereocenters. The maximum Gasteiger partial charge on any atom is 0.0900 e. The Labute approximate surface area is 113 Å². The topological polar surface area (TPSA) is 32.7 Å². The molecular formula is C15H31NO2. The van der Waals surface area contributed by atoms with Crippen LogP contribution in [-0.4, -0.2) is 48.0 Å². The van der Waals surface area contributed by atoms with Gasteiger partial charge in [-0.3, -0.25) is 0 Å². The van der Waals surface area contributed by atoms with Crippen molar-refractivity contribution in [3.8, 4) is 0 Å². The van der Waals surface area contributed by atoms with Crippen LogP contribution in [-0.2, 0) is 4.74 Å². The minimum absolute atomic E-state index is 0.159. The summed E-state index contributed by atoms with van der Waals surface area (Å²) in [7, 11) is 0. The van der Waals surface area contributed by atoms with Crippen molar-refractivity contribution in [3.05, 3.63) is 0 Å². The molecule has 0 amide bonds. The maximum atomic E-state index is 10.0. The molecule has 0 aliphatic carbocycles. The van der Waals surface area contributed by atoms with E-state index in [0.29, 0.717) is 6.61 Å². The van der Waals surface area contributed by atoms with Crippen LogP contribution in [0.1, 0.15) is 53.4 Å². The molecule has 1 fully saturated rings. The van der Waals surface area contributed by atoms with E-state index in [1.54, 1.807) is 0 Å². The van der Waals surface area contributed by atoms with Gasteiger partial charge in [0.1, 0.15) is 0 Å². The average molecular weight is 257 g/mol. The Morgan fingerprint density at radius 2 is 2.11 bits per heavy atom. The van der Waals surface area contributed by atoms with E-state index < -0.39 is 0 Å². The summed E-state index contributed by atoms with van der Waals surface area (Å²) < 4.78 is 5.63. The Bertz CT molecular complexity index is 223. The lowest BCUT2D eigenvalue weighted by Crippen LogP contribution is -2.42. The lowest BCUT2D eigenvalue weighted by molar-refractivity contribution is -0.0584. The van der Waals surface area contributed by atoms with Gasteiger partial charge in [-0.2, -0.15) is 0 Å². The van der Waals surface area contributed by atoms with Gasteiger partial charge in [0.05, 0.1) is 18.3 Å². The van der Waals surface area contributed by atoms with Crippen LogP contribution < -0.4 is 0 Å². The number of ether oxygens (including phenoxy) is 1. The number of piperidine rings is 1. The number of aliphatic hydroxyl groups is 1. The van der Waals surface area contributed by atoms with Crippen LogP contribution in [0.3, 0.4) is 0 Å². The largest absolute Gasteiger partial charge is 0.389 e. The molecule has 18 heavy (non-hydrogen) atoms. The van der Waals surface area contributed by atoms with Gasteiger partial charge in [-0.05, 0) is 52.5 Å². The first-order chi connectivity index (χ1) is 8.40. The van der Waals surface area contributed by atoms with Crippen molar-refractivity contribution in [1.29, 1.82) is 0 Å². The van der Waals surface area contributed by atoms with E-state index in [4.69, 9.17) is 4.74 Å². The third kappa shape index (κ3) is 6.72. The molecule has 108 valence electrons. The van der Waals surface area contributed by atoms with Gasteiger partial charge in [-0.15, -0.1) is 0 Å². The summed E-state index contributed by atoms with van der Waals surface area (Å²) in [6.45, 7) is 11.8. The third-order valence-corrected chi connectivity index (χ3v) is 3.48. The predicted molar refractivity (Wildman–Crippen MR) is 75.8 cm³/mol. The molecule has 1 N–H and O–H groups in total. The number of rotatable bonds is 6. The van der Waals surface area contributed by atoms with Gasteiger partial charge < -0.3 is 14.7 Å². The summed E-state index contributed by atoms with van der Waals surface area (Å²) in [4.78, 5) is 2.40. The molecule has 3 nitrogen and oxygen atoms in total. The van der Waals surface area contributed by atoms with E-state index >= 15 is 0 Å². The average Bonchev–Trinajstić information content (AvgIpc) is 2.26. The summed E-state index contributed by atoms with van der Waals surface area (Å²) in [5.74, 6) is 0.833. The summed E-state index contributed by atoms with van der Waals surface area (Å²) in [5, 5.41) is 10.0. The van der Waals surface area contributed by atoms with Gasteiger partial charge in [-0.1, -0.05) is 13.3 Å². The molecule has 1 rings (SSSR count). The number of hydrogen-bond acceptors (Lipinski definition) is 3. The molecule has 3 heteroatoms. The van der Waals surface area contributed by atoms with E-state index in [0.717, 1.165) is 25.6 Å². The highest BCUT2D eigenvalue weighted by Crippen LogP contribution is 2.21. The zero-order valence-electron chi connectivity index (χ0n) is 12.6. The zero-order valence-corrected chi connectivity index (χ0v) is 12.6. The van der Waals surface area contributed by atoms with Gasteiger partial charge >= 0.3 is 0 Å². The van der Waals surface area contributed by atoms with Crippen molar-refractivity contribution in [2.24, 2.45) is 5.92 Å². The van der Waals surface area contributed by atoms with Gasteiger partial charge in [0.25, 0.3) is 0 Å². The monoisotopic (exact) mass is 257 g/mol. The predicted octanol–water partition coefficient (Wildman–Crippen LogP) is 2.67. The normalized spacial score (nSPS) is 24.2. The van der Waals surface area contributed by atoms with E-state index in [9.17, 15) is 5.11 Å². The van der Waals surface area contributed by atoms with Gasteiger partial charge in [0.15, 0.2) is 0 Å². The Balaban J connectivity index is 2.24. The first kappa shape index (κ1) is 15.9. The molecule has 1 aliphatic rings. The highest BCUT2D eigenvalue weighted by atomic mass is 16.5. The first-order valence-electron chi connectivity index (χ1n) is 7.45. The number of nitrogens with zero attached hydrogens (tertiary/aromatic N) is 1. The van der Waals surface area contributed by atoms with E-state index in [2.05, 4.69) is 11.8 Å². The second-order valence-electron chi connectivity index (χ2n) is 6.63. The standard InChI is InChI=1S/C15H31NO2/c1-5-7-13-8-6-9-16(10-13)11-14(17)12-18-15(2,3)4/h13-14,17H,5-12H2,1-4H3. The summed E-state index contributed by atoms with van der Waals surface area (Å²) in [6, 6.07) is 0. The number of likely N-dealkylation sites (tertiary alicyclic amines) is 1. The van der Waals surface area contributed by atoms with Crippen molar-refractivity contribution in [2.45, 2.75) is 65.1 Å². The van der Waals surface area contributed by atoms with E-state index in [1.165, 1.54) is 25.7 Å². The Morgan fingerprint density at radius 3 is 2.72 bits per heavy atom. The van der Waals surface area contributed by atoms with Gasteiger partial charge in [0, 0.05) is 13.1 Å². The van der Waals surface area contributed by atoms with Crippen LogP contribution in [0.25, 0.3) is 0 Å². The minimum Gasteiger partial charge on any atom is -0.389 e. The molecule has 1 heterocycles. The number of aliphatic hydroxyl groups excluding tert-OH is 1. The Hall–Kier alpha value is -0.120. The lowest BCUT2D eigenvalue weighted by Gasteiger charge is -2.34. The van der Waals surface area contributed by atoms with Gasteiger partial charge in [0.2, 0.25) is 0 Å². The van der Waals surface area contributed by atoms with Crippen LogP contribution in [0.4, 0.5) is 0 Å². The quantitative estimate of drug-likeness (QED) is 0.794. The summed E-state index contributed by atoms with van der Waals surface area (Å²) in [6.07, 6.45) is 4.88. The molecule has 2 unspecified atom stereocenters. The fourth-order valence-corrected chi connectivity index (χ4v) is 2.66. The van der Waals surface area contributed by atoms with Crippen molar-refractivity contribution < 1.29 is 9.84 Å². The van der Waals surface area contributed by atoms with Crippen molar-refractivity contribution in [2.75, 3.05) is 26.2 Å². The summed E-state index contributed by atoms with van der Waals surface area (Å²) in [5.41, 5.74) is -0.159. The molecule has 0 spiro atoms. The van der Waals surface area contributed by atoms with Crippen molar-refractivity contribution >= 4 is 0 Å². The van der Waals surface area contributed by atoms with E-state index in [-0.39, 0.29) is 11.7 Å². The van der Waals surface area contributed by atoms with Crippen LogP contribution in [0.5, 0.6) is 0 Å². The molecule has 0 aromatic carbocycles. The van der Waals surface area contributed by atoms with Crippen LogP contribution >= 0.6 is 0 Å². The van der Waals surface area contributed by atoms with E-state index in [1.807, 2.05) is 20.8 Å². The fraction of sp³-hybridized carbons (Fsp3) is 1.00. The SMILES string of the molecule is CCCC1CCCN(CC(O)COC(C)(C)C)C1. The molecule has 1 aliphatic heterocycles. The van der Waals surface area contributed by atoms with Crippen molar-refractivity contribution in [1.82, 2.24) is 4.90 Å².